The van der Waals surface area contributed by atoms with Crippen molar-refractivity contribution in [2.24, 2.45) is 0 Å². The highest BCUT2D eigenvalue weighted by Crippen LogP contribution is 2.45. The Kier molecular flexibility index (Phi) is 3.14. The Morgan fingerprint density at radius 1 is 1.03 bits per heavy atom. The molecule has 0 amide bonds. The van der Waals surface area contributed by atoms with E-state index in [0.29, 0.717) is 45.5 Å². The predicted octanol–water partition coefficient (Wildman–Crippen LogP) is 3.55. The minimum absolute atomic E-state index is 0.327. The molecule has 140 valence electrons. The number of hydrogen-bond donors (Lipinski definition) is 0. The zero-order valence-corrected chi connectivity index (χ0v) is 15.2. The van der Waals surface area contributed by atoms with Crippen molar-refractivity contribution in [2.45, 2.75) is 12.8 Å². The molecule has 0 aliphatic carbocycles. The van der Waals surface area contributed by atoms with Crippen LogP contribution in [0.3, 0.4) is 0 Å². The molecule has 0 saturated carbocycles. The smallest absolute Gasteiger partial charge is 0.343 e. The van der Waals surface area contributed by atoms with E-state index < -0.39 is 5.63 Å². The number of nitrogens with zero attached hydrogens (tertiary/aromatic N) is 5. The minimum Gasteiger partial charge on any atom is -0.437 e. The molecule has 0 fully saturated rings. The van der Waals surface area contributed by atoms with Gasteiger partial charge in [0, 0.05) is 12.1 Å². The molecule has 0 radical (unpaired) electrons. The van der Waals surface area contributed by atoms with E-state index in [1.807, 2.05) is 43.3 Å². The van der Waals surface area contributed by atoms with Crippen LogP contribution in [0.1, 0.15) is 24.0 Å². The summed E-state index contributed by atoms with van der Waals surface area (Å²) < 4.78 is 13.2. The number of rotatable bonds is 1. The van der Waals surface area contributed by atoms with Gasteiger partial charge >= 0.3 is 5.63 Å². The molecule has 5 heterocycles. The first-order valence-electron chi connectivity index (χ1n) is 9.11. The lowest BCUT2D eigenvalue weighted by Gasteiger charge is -2.24. The monoisotopic (exact) mass is 383 g/mol. The molecule has 4 aromatic heterocycles. The lowest BCUT2D eigenvalue weighted by atomic mass is 9.92. The number of para-hydroxylation sites is 1. The first kappa shape index (κ1) is 15.9. The quantitative estimate of drug-likeness (QED) is 0.409. The fraction of sp³-hybridized carbons (Fsp3) is 0.0952. The zero-order chi connectivity index (χ0) is 19.5. The normalized spacial score (nSPS) is 15.1. The third kappa shape index (κ3) is 2.22. The van der Waals surface area contributed by atoms with Crippen LogP contribution < -0.4 is 10.4 Å². The van der Waals surface area contributed by atoms with Gasteiger partial charge in [0.1, 0.15) is 17.6 Å². The maximum Gasteiger partial charge on any atom is 0.343 e. The van der Waals surface area contributed by atoms with Gasteiger partial charge in [-0.1, -0.05) is 25.1 Å². The Balaban J connectivity index is 1.60. The molecule has 1 aromatic carbocycles. The molecule has 0 N–H and O–H groups in total. The van der Waals surface area contributed by atoms with Crippen LogP contribution in [0, 0.1) is 0 Å². The van der Waals surface area contributed by atoms with Crippen molar-refractivity contribution in [3.8, 4) is 23.1 Å². The molecular formula is C21H13N5O3. The molecule has 5 aromatic rings. The molecule has 0 saturated heterocycles. The second-order valence-electron chi connectivity index (χ2n) is 6.83. The first-order chi connectivity index (χ1) is 14.2. The summed E-state index contributed by atoms with van der Waals surface area (Å²) in [7, 11) is 0. The van der Waals surface area contributed by atoms with Crippen LogP contribution in [-0.2, 0) is 0 Å². The van der Waals surface area contributed by atoms with Crippen molar-refractivity contribution in [1.29, 1.82) is 0 Å². The van der Waals surface area contributed by atoms with Crippen LogP contribution in [0.25, 0.3) is 28.1 Å². The highest BCUT2D eigenvalue weighted by atomic mass is 16.5. The number of pyridine rings is 1. The van der Waals surface area contributed by atoms with Gasteiger partial charge < -0.3 is 9.15 Å². The molecule has 8 heteroatoms. The lowest BCUT2D eigenvalue weighted by Crippen LogP contribution is -2.19. The summed E-state index contributed by atoms with van der Waals surface area (Å²) in [4.78, 5) is 26.1. The van der Waals surface area contributed by atoms with E-state index in [2.05, 4.69) is 20.1 Å². The van der Waals surface area contributed by atoms with Gasteiger partial charge in [-0.25, -0.2) is 19.3 Å². The highest BCUT2D eigenvalue weighted by Gasteiger charge is 2.33. The van der Waals surface area contributed by atoms with E-state index in [4.69, 9.17) is 9.15 Å². The molecule has 1 aliphatic heterocycles. The minimum atomic E-state index is -0.427. The van der Waals surface area contributed by atoms with Crippen molar-refractivity contribution in [3.05, 3.63) is 76.5 Å². The molecule has 0 spiro atoms. The zero-order valence-electron chi connectivity index (χ0n) is 15.2. The van der Waals surface area contributed by atoms with Crippen LogP contribution in [0.5, 0.6) is 11.6 Å². The Labute approximate surface area is 163 Å². The van der Waals surface area contributed by atoms with Crippen LogP contribution in [0.4, 0.5) is 0 Å². The summed E-state index contributed by atoms with van der Waals surface area (Å²) in [5.74, 6) is 1.04. The van der Waals surface area contributed by atoms with Gasteiger partial charge in [-0.05, 0) is 24.3 Å². The van der Waals surface area contributed by atoms with E-state index in [-0.39, 0.29) is 5.92 Å². The maximum atomic E-state index is 12.7. The van der Waals surface area contributed by atoms with Crippen LogP contribution >= 0.6 is 0 Å². The second-order valence-corrected chi connectivity index (χ2v) is 6.83. The number of fused-ring (bicyclic) bond motifs is 6. The number of ether oxygens (including phenoxy) is 1. The first-order valence-corrected chi connectivity index (χ1v) is 9.11. The van der Waals surface area contributed by atoms with Gasteiger partial charge in [0.05, 0.1) is 16.5 Å². The van der Waals surface area contributed by atoms with Gasteiger partial charge in [0.2, 0.25) is 11.7 Å². The van der Waals surface area contributed by atoms with Crippen molar-refractivity contribution in [2.75, 3.05) is 0 Å². The Bertz CT molecular complexity index is 1470. The van der Waals surface area contributed by atoms with Gasteiger partial charge in [0.15, 0.2) is 11.4 Å². The second kappa shape index (κ2) is 5.71. The third-order valence-electron chi connectivity index (χ3n) is 5.14. The summed E-state index contributed by atoms with van der Waals surface area (Å²) in [6.07, 6.45) is 3.24. The van der Waals surface area contributed by atoms with E-state index >= 15 is 0 Å². The summed E-state index contributed by atoms with van der Waals surface area (Å²) in [5.41, 5.74) is 2.42. The highest BCUT2D eigenvalue weighted by molar-refractivity contribution is 5.86. The average Bonchev–Trinajstić information content (AvgIpc) is 3.18. The van der Waals surface area contributed by atoms with Crippen LogP contribution in [0.2, 0.25) is 0 Å². The molecule has 29 heavy (non-hydrogen) atoms. The molecule has 8 nitrogen and oxygen atoms in total. The van der Waals surface area contributed by atoms with Gasteiger partial charge in [-0.2, -0.15) is 0 Å². The number of benzene rings is 1. The van der Waals surface area contributed by atoms with Gasteiger partial charge in [0.25, 0.3) is 0 Å². The fourth-order valence-electron chi connectivity index (χ4n) is 3.78. The predicted molar refractivity (Wildman–Crippen MR) is 104 cm³/mol. The largest absolute Gasteiger partial charge is 0.437 e. The summed E-state index contributed by atoms with van der Waals surface area (Å²) >= 11 is 0. The molecule has 0 bridgehead atoms. The summed E-state index contributed by atoms with van der Waals surface area (Å²) in [6, 6.07) is 12.8. The maximum absolute atomic E-state index is 12.7. The van der Waals surface area contributed by atoms with E-state index in [1.54, 1.807) is 23.1 Å². The Hall–Kier alpha value is -4.07. The van der Waals surface area contributed by atoms with Crippen molar-refractivity contribution >= 4 is 16.6 Å². The van der Waals surface area contributed by atoms with Crippen LogP contribution in [-0.4, -0.2) is 24.6 Å². The van der Waals surface area contributed by atoms with E-state index in [1.165, 1.54) is 0 Å². The van der Waals surface area contributed by atoms with Crippen molar-refractivity contribution < 1.29 is 9.15 Å². The van der Waals surface area contributed by atoms with E-state index in [0.717, 1.165) is 5.39 Å². The Morgan fingerprint density at radius 2 is 1.90 bits per heavy atom. The van der Waals surface area contributed by atoms with Crippen molar-refractivity contribution in [3.63, 3.8) is 0 Å². The fourth-order valence-corrected chi connectivity index (χ4v) is 3.78. The lowest BCUT2D eigenvalue weighted by molar-refractivity contribution is 0.419. The topological polar surface area (TPSA) is 95.4 Å². The van der Waals surface area contributed by atoms with Gasteiger partial charge in [-0.3, -0.25) is 4.98 Å². The standard InChI is InChI=1S/C21H13N5O3/c1-11-15-17(12-6-2-3-8-14(12)28-21(15)27)29-20-16(11)19-24-18(25-26(19)10-23-20)13-7-4-5-9-22-13/h2-11H,1H3. The molecule has 1 atom stereocenters. The van der Waals surface area contributed by atoms with Crippen LogP contribution in [0.15, 0.2) is 64.2 Å². The third-order valence-corrected chi connectivity index (χ3v) is 5.14. The summed E-state index contributed by atoms with van der Waals surface area (Å²) in [5, 5.41) is 5.21. The molecule has 6 rings (SSSR count). The average molecular weight is 383 g/mol. The molecule has 1 aliphatic rings. The van der Waals surface area contributed by atoms with E-state index in [9.17, 15) is 4.79 Å². The number of hydrogen-bond acceptors (Lipinski definition) is 7. The summed E-state index contributed by atoms with van der Waals surface area (Å²) in [6.45, 7) is 1.92. The Morgan fingerprint density at radius 3 is 2.76 bits per heavy atom. The molecular weight excluding hydrogens is 370 g/mol. The number of aromatic nitrogens is 5. The van der Waals surface area contributed by atoms with Gasteiger partial charge in [-0.15, -0.1) is 5.10 Å². The van der Waals surface area contributed by atoms with Crippen molar-refractivity contribution in [1.82, 2.24) is 24.6 Å². The molecule has 1 unspecified atom stereocenters. The SMILES string of the molecule is CC1c2c(c3ccccc3oc2=O)Oc2ncn3nc(-c4ccccn4)nc3c21.